The molecule has 7 heteroatoms. The number of carbonyl (C=O) groups excluding carboxylic acids is 2. The highest BCUT2D eigenvalue weighted by atomic mass is 16.5. The van der Waals surface area contributed by atoms with Crippen molar-refractivity contribution in [2.24, 2.45) is 0 Å². The van der Waals surface area contributed by atoms with E-state index in [0.717, 1.165) is 5.69 Å². The quantitative estimate of drug-likeness (QED) is 0.501. The number of aromatic nitrogens is 3. The van der Waals surface area contributed by atoms with Crippen molar-refractivity contribution in [2.75, 3.05) is 13.7 Å². The number of nitrogens with zero attached hydrogens (tertiary/aromatic N) is 3. The molecule has 3 rings (SSSR count). The van der Waals surface area contributed by atoms with Crippen LogP contribution < -0.4 is 4.74 Å². The molecule has 0 saturated carbocycles. The van der Waals surface area contributed by atoms with Gasteiger partial charge in [-0.25, -0.2) is 4.79 Å². The Labute approximate surface area is 150 Å². The van der Waals surface area contributed by atoms with Gasteiger partial charge in [-0.1, -0.05) is 30.3 Å². The van der Waals surface area contributed by atoms with Crippen LogP contribution in [0.2, 0.25) is 0 Å². The molecule has 0 saturated heterocycles. The molecule has 2 aromatic carbocycles. The Morgan fingerprint density at radius 3 is 2.42 bits per heavy atom. The van der Waals surface area contributed by atoms with Crippen molar-refractivity contribution in [2.45, 2.75) is 6.92 Å². The number of hydrogen-bond acceptors (Lipinski definition) is 6. The van der Waals surface area contributed by atoms with Crippen molar-refractivity contribution in [1.29, 1.82) is 0 Å². The van der Waals surface area contributed by atoms with Gasteiger partial charge in [-0.15, -0.1) is 5.10 Å². The van der Waals surface area contributed by atoms with E-state index in [0.29, 0.717) is 17.0 Å². The minimum atomic E-state index is -0.701. The number of aryl methyl sites for hydroxylation is 1. The lowest BCUT2D eigenvalue weighted by atomic mass is 10.1. The summed E-state index contributed by atoms with van der Waals surface area (Å²) in [6.45, 7) is 1.25. The Balaban J connectivity index is 1.71. The molecule has 0 fully saturated rings. The van der Waals surface area contributed by atoms with Gasteiger partial charge in [-0.3, -0.25) is 4.79 Å². The second-order valence-electron chi connectivity index (χ2n) is 5.46. The molecule has 0 bridgehead atoms. The van der Waals surface area contributed by atoms with Crippen LogP contribution in [0.3, 0.4) is 0 Å². The first-order valence-corrected chi connectivity index (χ1v) is 7.93. The first-order valence-electron chi connectivity index (χ1n) is 7.93. The number of para-hydroxylation sites is 2. The first kappa shape index (κ1) is 17.3. The van der Waals surface area contributed by atoms with Gasteiger partial charge in [-0.2, -0.15) is 9.90 Å². The van der Waals surface area contributed by atoms with Gasteiger partial charge in [0.25, 0.3) is 0 Å². The van der Waals surface area contributed by atoms with Gasteiger partial charge in [-0.05, 0) is 31.2 Å². The predicted octanol–water partition coefficient (Wildman–Crippen LogP) is 2.62. The maximum Gasteiger partial charge on any atom is 0.361 e. The van der Waals surface area contributed by atoms with E-state index in [4.69, 9.17) is 9.47 Å². The van der Waals surface area contributed by atoms with E-state index in [2.05, 4.69) is 10.2 Å². The fourth-order valence-electron chi connectivity index (χ4n) is 2.40. The highest BCUT2D eigenvalue weighted by Gasteiger charge is 2.20. The zero-order chi connectivity index (χ0) is 18.5. The lowest BCUT2D eigenvalue weighted by Crippen LogP contribution is -2.16. The largest absolute Gasteiger partial charge is 0.496 e. The molecule has 0 radical (unpaired) electrons. The normalized spacial score (nSPS) is 10.4. The van der Waals surface area contributed by atoms with Crippen molar-refractivity contribution in [3.8, 4) is 11.4 Å². The molecule has 3 aromatic rings. The molecule has 0 spiro atoms. The van der Waals surface area contributed by atoms with Gasteiger partial charge >= 0.3 is 5.97 Å². The third-order valence-corrected chi connectivity index (χ3v) is 3.70. The Hall–Kier alpha value is -3.48. The minimum absolute atomic E-state index is 0.0710. The Bertz CT molecular complexity index is 935. The van der Waals surface area contributed by atoms with Crippen molar-refractivity contribution in [3.63, 3.8) is 0 Å². The smallest absolute Gasteiger partial charge is 0.361 e. The van der Waals surface area contributed by atoms with E-state index in [-0.39, 0.29) is 11.5 Å². The van der Waals surface area contributed by atoms with Crippen molar-refractivity contribution < 1.29 is 19.1 Å². The molecule has 132 valence electrons. The van der Waals surface area contributed by atoms with Crippen LogP contribution in [-0.2, 0) is 4.74 Å². The minimum Gasteiger partial charge on any atom is -0.496 e. The fourth-order valence-corrected chi connectivity index (χ4v) is 2.40. The van der Waals surface area contributed by atoms with E-state index in [1.807, 2.05) is 30.3 Å². The molecule has 0 aliphatic rings. The number of rotatable bonds is 6. The molecule has 0 aliphatic carbocycles. The van der Waals surface area contributed by atoms with E-state index < -0.39 is 12.6 Å². The summed E-state index contributed by atoms with van der Waals surface area (Å²) in [6, 6.07) is 16.0. The van der Waals surface area contributed by atoms with Gasteiger partial charge in [0.2, 0.25) is 5.78 Å². The average Bonchev–Trinajstić information content (AvgIpc) is 3.08. The summed E-state index contributed by atoms with van der Waals surface area (Å²) in [7, 11) is 1.48. The van der Waals surface area contributed by atoms with Crippen molar-refractivity contribution >= 4 is 11.8 Å². The molecule has 0 N–H and O–H groups in total. The number of Topliss-reactive ketones (excluding diaryl/α,β-unsaturated/α-hetero) is 1. The zero-order valence-electron chi connectivity index (χ0n) is 14.4. The summed E-state index contributed by atoms with van der Waals surface area (Å²) in [5.74, 6) is -0.628. The number of methoxy groups -OCH3 is 1. The van der Waals surface area contributed by atoms with Crippen LogP contribution in [0, 0.1) is 6.92 Å². The predicted molar refractivity (Wildman–Crippen MR) is 93.7 cm³/mol. The number of carbonyl (C=O) groups is 2. The summed E-state index contributed by atoms with van der Waals surface area (Å²) >= 11 is 0. The number of esters is 1. The third-order valence-electron chi connectivity index (χ3n) is 3.70. The second-order valence-corrected chi connectivity index (χ2v) is 5.46. The van der Waals surface area contributed by atoms with Gasteiger partial charge in [0.15, 0.2) is 12.3 Å². The third kappa shape index (κ3) is 3.61. The molecule has 1 heterocycles. The summed E-state index contributed by atoms with van der Waals surface area (Å²) in [5.41, 5.74) is 1.57. The molecule has 1 aromatic heterocycles. The molecule has 0 unspecified atom stereocenters. The van der Waals surface area contributed by atoms with Crippen LogP contribution in [0.5, 0.6) is 5.75 Å². The average molecular weight is 351 g/mol. The van der Waals surface area contributed by atoms with Gasteiger partial charge in [0, 0.05) is 0 Å². The molecule has 0 amide bonds. The Kier molecular flexibility index (Phi) is 5.07. The topological polar surface area (TPSA) is 83.3 Å². The molecular weight excluding hydrogens is 334 g/mol. The van der Waals surface area contributed by atoms with Crippen LogP contribution >= 0.6 is 0 Å². The van der Waals surface area contributed by atoms with Gasteiger partial charge in [0.05, 0.1) is 24.1 Å². The van der Waals surface area contributed by atoms with Crippen LogP contribution in [0.4, 0.5) is 0 Å². The number of ketones is 1. The molecule has 26 heavy (non-hydrogen) atoms. The van der Waals surface area contributed by atoms with Crippen LogP contribution in [0.15, 0.2) is 54.6 Å². The maximum atomic E-state index is 12.3. The van der Waals surface area contributed by atoms with Crippen molar-refractivity contribution in [3.05, 3.63) is 71.5 Å². The number of benzene rings is 2. The zero-order valence-corrected chi connectivity index (χ0v) is 14.4. The molecule has 0 aliphatic heterocycles. The Morgan fingerprint density at radius 2 is 1.69 bits per heavy atom. The van der Waals surface area contributed by atoms with Crippen molar-refractivity contribution in [1.82, 2.24) is 15.0 Å². The lowest BCUT2D eigenvalue weighted by molar-refractivity contribution is 0.0467. The standard InChI is InChI=1S/C19H17N3O4/c1-13-18(21-22(20-13)14-8-4-3-5-9-14)19(24)26-12-16(23)15-10-6-7-11-17(15)25-2/h3-11H,12H2,1-2H3. The molecule has 0 atom stereocenters. The van der Waals surface area contributed by atoms with E-state index in [1.54, 1.807) is 31.2 Å². The molecule has 7 nitrogen and oxygen atoms in total. The fraction of sp³-hybridized carbons (Fsp3) is 0.158. The molecular formula is C19H17N3O4. The monoisotopic (exact) mass is 351 g/mol. The summed E-state index contributed by atoms with van der Waals surface area (Å²) in [6.07, 6.45) is 0. The number of hydrogen-bond donors (Lipinski definition) is 0. The summed E-state index contributed by atoms with van der Waals surface area (Å²) in [4.78, 5) is 25.9. The first-order chi connectivity index (χ1) is 12.6. The highest BCUT2D eigenvalue weighted by Crippen LogP contribution is 2.18. The van der Waals surface area contributed by atoms with E-state index in [9.17, 15) is 9.59 Å². The van der Waals surface area contributed by atoms with E-state index >= 15 is 0 Å². The Morgan fingerprint density at radius 1 is 1.00 bits per heavy atom. The van der Waals surface area contributed by atoms with Gasteiger partial charge in [0.1, 0.15) is 5.75 Å². The van der Waals surface area contributed by atoms with Crippen LogP contribution in [0.1, 0.15) is 26.5 Å². The lowest BCUT2D eigenvalue weighted by Gasteiger charge is -2.07. The van der Waals surface area contributed by atoms with E-state index in [1.165, 1.54) is 11.9 Å². The maximum absolute atomic E-state index is 12.3. The number of ether oxygens (including phenoxy) is 2. The van der Waals surface area contributed by atoms with Crippen LogP contribution in [0.25, 0.3) is 5.69 Å². The summed E-state index contributed by atoms with van der Waals surface area (Å²) in [5, 5.41) is 8.37. The van der Waals surface area contributed by atoms with Gasteiger partial charge < -0.3 is 9.47 Å². The second kappa shape index (κ2) is 7.60. The SMILES string of the molecule is COc1ccccc1C(=O)COC(=O)c1nn(-c2ccccc2)nc1C. The summed E-state index contributed by atoms with van der Waals surface area (Å²) < 4.78 is 10.3. The van der Waals surface area contributed by atoms with Crippen LogP contribution in [-0.4, -0.2) is 40.5 Å². The highest BCUT2D eigenvalue weighted by molar-refractivity contribution is 6.01.